The van der Waals surface area contributed by atoms with Crippen molar-refractivity contribution in [2.24, 2.45) is 16.2 Å². The van der Waals surface area contributed by atoms with E-state index < -0.39 is 23.0 Å². The third-order valence-electron chi connectivity index (χ3n) is 7.16. The molecule has 4 fully saturated rings. The fourth-order valence-corrected chi connectivity index (χ4v) is 5.49. The zero-order valence-electron chi connectivity index (χ0n) is 19.3. The van der Waals surface area contributed by atoms with E-state index in [1.54, 1.807) is 0 Å². The number of amides is 2. The average molecular weight is 427 g/mol. The second-order valence-electron chi connectivity index (χ2n) is 11.6. The Morgan fingerprint density at radius 1 is 1.03 bits per heavy atom. The van der Waals surface area contributed by atoms with Gasteiger partial charge in [0, 0.05) is 41.5 Å². The topological polar surface area (TPSA) is 76.7 Å². The Morgan fingerprint density at radius 3 is 2.23 bits per heavy atom. The van der Waals surface area contributed by atoms with E-state index in [1.165, 1.54) is 0 Å². The van der Waals surface area contributed by atoms with Crippen molar-refractivity contribution in [1.29, 1.82) is 0 Å². The van der Waals surface area contributed by atoms with Crippen molar-refractivity contribution in [3.05, 3.63) is 0 Å². The van der Waals surface area contributed by atoms with Gasteiger partial charge in [-0.25, -0.2) is 0 Å². The van der Waals surface area contributed by atoms with E-state index in [-0.39, 0.29) is 22.8 Å². The molecule has 0 atom stereocenters. The molecule has 4 rings (SSSR count). The van der Waals surface area contributed by atoms with Gasteiger partial charge in [-0.2, -0.15) is 0 Å². The van der Waals surface area contributed by atoms with Gasteiger partial charge in [0.2, 0.25) is 11.8 Å². The minimum absolute atomic E-state index is 0.0161. The summed E-state index contributed by atoms with van der Waals surface area (Å²) in [5.74, 6) is 0.0110. The summed E-state index contributed by atoms with van der Waals surface area (Å²) in [5.41, 5.74) is -1.79. The van der Waals surface area contributed by atoms with Gasteiger partial charge >= 0.3 is 0 Å². The first-order valence-electron chi connectivity index (χ1n) is 11.2. The molecule has 3 aliphatic heterocycles. The lowest BCUT2D eigenvalue weighted by Crippen LogP contribution is -2.57. The summed E-state index contributed by atoms with van der Waals surface area (Å²) in [6.07, 6.45) is 4.11. The molecule has 6 nitrogen and oxygen atoms in total. The molecule has 7 heteroatoms. The number of alkyl halides is 1. The molecule has 30 heavy (non-hydrogen) atoms. The average Bonchev–Trinajstić information content (AvgIpc) is 3.14. The van der Waals surface area contributed by atoms with Crippen LogP contribution in [0.3, 0.4) is 0 Å². The van der Waals surface area contributed by atoms with Gasteiger partial charge in [0.1, 0.15) is 0 Å². The van der Waals surface area contributed by atoms with E-state index in [4.69, 9.17) is 9.47 Å². The number of fused-ring (bicyclic) bond motifs is 1. The van der Waals surface area contributed by atoms with Crippen LogP contribution in [0.5, 0.6) is 0 Å². The summed E-state index contributed by atoms with van der Waals surface area (Å²) in [6.45, 7) is 11.5. The first-order valence-corrected chi connectivity index (χ1v) is 11.2. The molecule has 1 aliphatic carbocycles. The fourth-order valence-electron chi connectivity index (χ4n) is 5.49. The highest BCUT2D eigenvalue weighted by molar-refractivity contribution is 5.83. The van der Waals surface area contributed by atoms with E-state index in [1.807, 2.05) is 34.6 Å². The molecule has 172 valence electrons. The van der Waals surface area contributed by atoms with Crippen LogP contribution in [-0.2, 0) is 19.1 Å². The molecule has 0 unspecified atom stereocenters. The molecule has 3 saturated heterocycles. The fraction of sp³-hybridized carbons (Fsp3) is 0.913. The second kappa shape index (κ2) is 8.05. The highest BCUT2D eigenvalue weighted by Gasteiger charge is 2.63. The Hall–Kier alpha value is -1.21. The van der Waals surface area contributed by atoms with Crippen LogP contribution in [-0.4, -0.2) is 56.0 Å². The van der Waals surface area contributed by atoms with Crippen molar-refractivity contribution in [1.82, 2.24) is 10.6 Å². The number of hydrogen-bond donors (Lipinski definition) is 2. The van der Waals surface area contributed by atoms with Crippen molar-refractivity contribution < 1.29 is 23.5 Å². The zero-order valence-corrected chi connectivity index (χ0v) is 19.3. The lowest BCUT2D eigenvalue weighted by Gasteiger charge is -2.48. The minimum atomic E-state index is -0.573. The maximum absolute atomic E-state index is 13.2. The highest BCUT2D eigenvalue weighted by atomic mass is 19.1. The van der Waals surface area contributed by atoms with Gasteiger partial charge in [0.05, 0.1) is 18.9 Å². The van der Waals surface area contributed by atoms with Crippen molar-refractivity contribution in [3.63, 3.8) is 0 Å². The summed E-state index contributed by atoms with van der Waals surface area (Å²) in [7, 11) is 0. The third kappa shape index (κ3) is 4.82. The van der Waals surface area contributed by atoms with E-state index in [9.17, 15) is 14.0 Å². The molecule has 0 radical (unpaired) electrons. The normalized spacial score (nSPS) is 30.5. The molecule has 2 amide bonds. The number of carbonyl (C=O) groups is 2. The van der Waals surface area contributed by atoms with Crippen LogP contribution in [0.15, 0.2) is 0 Å². The maximum atomic E-state index is 13.2. The summed E-state index contributed by atoms with van der Waals surface area (Å²) >= 11 is 0. The predicted molar refractivity (Wildman–Crippen MR) is 113 cm³/mol. The molecule has 0 aromatic carbocycles. The van der Waals surface area contributed by atoms with Crippen LogP contribution in [0.2, 0.25) is 0 Å². The van der Waals surface area contributed by atoms with Gasteiger partial charge in [-0.1, -0.05) is 34.6 Å². The van der Waals surface area contributed by atoms with Gasteiger partial charge in [-0.15, -0.1) is 0 Å². The standard InChI is InChI=1S/C23H39FN2O4/c1-19(2,3)17(27)25-15-23-13-21(14-23,16-30-23)12-20(4,5)18(28)26-22(6-9-24)7-10-29-11-8-22/h6-16H2,1-5H3,(H,25,27)(H,26,28)/t21-,23+. The number of ether oxygens (including phenoxy) is 2. The van der Waals surface area contributed by atoms with Crippen LogP contribution >= 0.6 is 0 Å². The number of halogens is 1. The molecular formula is C23H39FN2O4. The summed E-state index contributed by atoms with van der Waals surface area (Å²) in [5, 5.41) is 6.22. The first kappa shape index (κ1) is 23.5. The van der Waals surface area contributed by atoms with Crippen LogP contribution < -0.4 is 10.6 Å². The van der Waals surface area contributed by atoms with Crippen LogP contribution in [0.25, 0.3) is 0 Å². The molecule has 4 aliphatic rings. The number of hydrogen-bond acceptors (Lipinski definition) is 4. The van der Waals surface area contributed by atoms with E-state index in [0.29, 0.717) is 45.6 Å². The number of carbonyl (C=O) groups excluding carboxylic acids is 2. The number of rotatable bonds is 8. The smallest absolute Gasteiger partial charge is 0.226 e. The second-order valence-corrected chi connectivity index (χ2v) is 11.6. The largest absolute Gasteiger partial charge is 0.381 e. The van der Waals surface area contributed by atoms with Gasteiger partial charge in [-0.05, 0) is 38.5 Å². The molecular weight excluding hydrogens is 387 g/mol. The molecule has 2 bridgehead atoms. The lowest BCUT2D eigenvalue weighted by molar-refractivity contribution is -0.136. The predicted octanol–water partition coefficient (Wildman–Crippen LogP) is 3.14. The summed E-state index contributed by atoms with van der Waals surface area (Å²) < 4.78 is 24.7. The van der Waals surface area contributed by atoms with Crippen molar-refractivity contribution in [2.45, 2.75) is 84.3 Å². The van der Waals surface area contributed by atoms with Gasteiger partial charge in [0.25, 0.3) is 0 Å². The maximum Gasteiger partial charge on any atom is 0.226 e. The highest BCUT2D eigenvalue weighted by Crippen LogP contribution is 2.61. The van der Waals surface area contributed by atoms with E-state index in [0.717, 1.165) is 19.3 Å². The lowest BCUT2D eigenvalue weighted by atomic mass is 9.57. The minimum Gasteiger partial charge on any atom is -0.381 e. The Kier molecular flexibility index (Phi) is 6.29. The monoisotopic (exact) mass is 426 g/mol. The van der Waals surface area contributed by atoms with Gasteiger partial charge in [-0.3, -0.25) is 14.0 Å². The van der Waals surface area contributed by atoms with Gasteiger partial charge in [0.15, 0.2) is 0 Å². The SMILES string of the molecule is CC(C)(C)C(=O)NC[C@]12C[C@](CC(C)(C)C(=O)NC3(CCF)CCOCC3)(CO1)C2. The van der Waals surface area contributed by atoms with Crippen molar-refractivity contribution in [3.8, 4) is 0 Å². The van der Waals surface area contributed by atoms with Crippen molar-refractivity contribution >= 4 is 11.8 Å². The Balaban J connectivity index is 1.56. The molecule has 1 saturated carbocycles. The van der Waals surface area contributed by atoms with Gasteiger partial charge < -0.3 is 20.1 Å². The Bertz CT molecular complexity index is 653. The number of nitrogens with one attached hydrogen (secondary N) is 2. The molecule has 0 aromatic heterocycles. The molecule has 0 spiro atoms. The third-order valence-corrected chi connectivity index (χ3v) is 7.16. The van der Waals surface area contributed by atoms with Crippen LogP contribution in [0.1, 0.15) is 73.1 Å². The Labute approximate surface area is 180 Å². The quantitative estimate of drug-likeness (QED) is 0.625. The molecule has 3 heterocycles. The van der Waals surface area contributed by atoms with E-state index in [2.05, 4.69) is 10.6 Å². The summed E-state index contributed by atoms with van der Waals surface area (Å²) in [6, 6.07) is 0. The van der Waals surface area contributed by atoms with Crippen LogP contribution in [0.4, 0.5) is 4.39 Å². The summed E-state index contributed by atoms with van der Waals surface area (Å²) in [4.78, 5) is 25.4. The molecule has 0 aromatic rings. The van der Waals surface area contributed by atoms with Crippen LogP contribution in [0, 0.1) is 16.2 Å². The molecule has 2 N–H and O–H groups in total. The zero-order chi connectivity index (χ0) is 22.3. The van der Waals surface area contributed by atoms with Crippen molar-refractivity contribution in [2.75, 3.05) is 33.0 Å². The first-order chi connectivity index (χ1) is 13.9. The van der Waals surface area contributed by atoms with E-state index >= 15 is 0 Å². The Morgan fingerprint density at radius 2 is 1.67 bits per heavy atom.